The molecule has 0 amide bonds. The molecule has 0 aliphatic rings. The van der Waals surface area contributed by atoms with Gasteiger partial charge in [-0.15, -0.1) is 0 Å². The van der Waals surface area contributed by atoms with E-state index in [9.17, 15) is 0 Å². The van der Waals surface area contributed by atoms with Gasteiger partial charge in [-0.05, 0) is 69.1 Å². The Labute approximate surface area is 320 Å². The molecular weight excluding hydrogens is 681 g/mol. The minimum Gasteiger partial charge on any atom is -0.308 e. The second-order valence-corrected chi connectivity index (χ2v) is 14.9. The monoisotopic (exact) mass is 710 g/mol. The van der Waals surface area contributed by atoms with E-state index in [2.05, 4.69) is 191 Å². The van der Waals surface area contributed by atoms with Crippen LogP contribution in [0, 0.1) is 0 Å². The Morgan fingerprint density at radius 3 is 1.84 bits per heavy atom. The highest BCUT2D eigenvalue weighted by Gasteiger charge is 2.24. The number of aromatic nitrogens is 4. The van der Waals surface area contributed by atoms with E-state index in [1.54, 1.807) is 0 Å². The van der Waals surface area contributed by atoms with Crippen molar-refractivity contribution in [3.05, 3.63) is 182 Å². The Morgan fingerprint density at radius 2 is 0.982 bits per heavy atom. The van der Waals surface area contributed by atoms with E-state index >= 15 is 0 Å². The van der Waals surface area contributed by atoms with Crippen LogP contribution in [-0.4, -0.2) is 18.9 Å². The first-order valence-electron chi connectivity index (χ1n) is 19.2. The third-order valence-electron chi connectivity index (χ3n) is 12.0. The minimum atomic E-state index is 0.656. The zero-order chi connectivity index (χ0) is 36.5. The predicted molar refractivity (Wildman–Crippen MR) is 234 cm³/mol. The van der Waals surface area contributed by atoms with Gasteiger partial charge in [0.25, 0.3) is 0 Å². The number of hydrogen-bond donors (Lipinski definition) is 0. The number of benzene rings is 9. The number of fused-ring (bicyclic) bond motifs is 9. The highest BCUT2D eigenvalue weighted by Crippen LogP contribution is 2.45. The van der Waals surface area contributed by atoms with Gasteiger partial charge in [0.15, 0.2) is 0 Å². The molecule has 56 heavy (non-hydrogen) atoms. The van der Waals surface area contributed by atoms with Crippen molar-refractivity contribution in [2.24, 2.45) is 0 Å². The summed E-state index contributed by atoms with van der Waals surface area (Å²) < 4.78 is 4.81. The fourth-order valence-electron chi connectivity index (χ4n) is 9.65. The van der Waals surface area contributed by atoms with Crippen LogP contribution in [0.1, 0.15) is 0 Å². The lowest BCUT2D eigenvalue weighted by molar-refractivity contribution is 1.02. The molecule has 9 aromatic carbocycles. The van der Waals surface area contributed by atoms with E-state index in [0.29, 0.717) is 5.95 Å². The van der Waals surface area contributed by atoms with Crippen LogP contribution in [0.5, 0.6) is 0 Å². The van der Waals surface area contributed by atoms with E-state index < -0.39 is 0 Å². The third-order valence-corrected chi connectivity index (χ3v) is 12.0. The van der Waals surface area contributed by atoms with Gasteiger partial charge in [-0.1, -0.05) is 146 Å². The van der Waals surface area contributed by atoms with E-state index in [1.165, 1.54) is 59.6 Å². The van der Waals surface area contributed by atoms with Crippen molar-refractivity contribution in [2.45, 2.75) is 0 Å². The topological polar surface area (TPSA) is 35.1 Å². The average Bonchev–Trinajstić information content (AvgIpc) is 3.73. The molecule has 0 bridgehead atoms. The molecule has 0 aliphatic heterocycles. The molecule has 0 saturated heterocycles. The second kappa shape index (κ2) is 11.0. The minimum absolute atomic E-state index is 0.656. The van der Waals surface area contributed by atoms with Gasteiger partial charge >= 0.3 is 0 Å². The lowest BCUT2D eigenvalue weighted by Crippen LogP contribution is -2.04. The first-order valence-corrected chi connectivity index (χ1v) is 19.2. The summed E-state index contributed by atoms with van der Waals surface area (Å²) in [5, 5.41) is 13.2. The molecule has 13 aromatic rings. The van der Waals surface area contributed by atoms with Gasteiger partial charge < -0.3 is 4.40 Å². The maximum Gasteiger partial charge on any atom is 0.235 e. The molecule has 0 N–H and O–H groups in total. The summed E-state index contributed by atoms with van der Waals surface area (Å²) >= 11 is 0. The Balaban J connectivity index is 1.22. The standard InChI is InChI=1S/C52H30N4/c1-2-13-31(14-3-1)35-18-8-9-20-38(35)50-41-28-27-32-15-6-7-19-36(32)49(41)53-52(54-50)56-43-24-11-21-37-39-22-10-23-40-42-29-33-16-4-5-17-34(33)30-46(42)55(51(39)40)44-25-12-26-45(56)48(44)47(37)43/h1-30H. The summed E-state index contributed by atoms with van der Waals surface area (Å²) in [6.45, 7) is 0. The largest absolute Gasteiger partial charge is 0.308 e. The molecule has 0 unspecified atom stereocenters. The van der Waals surface area contributed by atoms with Crippen molar-refractivity contribution >= 4 is 92.3 Å². The van der Waals surface area contributed by atoms with Gasteiger partial charge in [0.1, 0.15) is 0 Å². The van der Waals surface area contributed by atoms with Gasteiger partial charge in [-0.25, -0.2) is 9.97 Å². The van der Waals surface area contributed by atoms with Crippen molar-refractivity contribution in [3.8, 4) is 28.3 Å². The summed E-state index contributed by atoms with van der Waals surface area (Å²) in [7, 11) is 0. The van der Waals surface area contributed by atoms with Crippen molar-refractivity contribution < 1.29 is 0 Å². The zero-order valence-electron chi connectivity index (χ0n) is 30.1. The molecule has 0 aliphatic carbocycles. The molecule has 0 saturated carbocycles. The SMILES string of the molecule is c1ccc(-c2ccccc2-c2nc(-n3c4cccc5c6cccc7c8cc9ccccc9cc8n(c8cccc3c8c54)c67)nc3c2ccc2ccccc23)cc1. The van der Waals surface area contributed by atoms with Crippen LogP contribution < -0.4 is 0 Å². The fourth-order valence-corrected chi connectivity index (χ4v) is 9.65. The highest BCUT2D eigenvalue weighted by molar-refractivity contribution is 6.31. The van der Waals surface area contributed by atoms with Crippen LogP contribution in [-0.2, 0) is 0 Å². The Kier molecular flexibility index (Phi) is 5.86. The number of para-hydroxylation sites is 1. The zero-order valence-corrected chi connectivity index (χ0v) is 30.1. The van der Waals surface area contributed by atoms with Crippen LogP contribution in [0.25, 0.3) is 121 Å². The first kappa shape index (κ1) is 29.8. The molecule has 4 aromatic heterocycles. The molecular formula is C52H30N4. The third kappa shape index (κ3) is 3.92. The van der Waals surface area contributed by atoms with Crippen molar-refractivity contribution in [3.63, 3.8) is 0 Å². The summed E-state index contributed by atoms with van der Waals surface area (Å²) in [6.07, 6.45) is 0. The Morgan fingerprint density at radius 1 is 0.357 bits per heavy atom. The van der Waals surface area contributed by atoms with Crippen molar-refractivity contribution in [1.29, 1.82) is 0 Å². The number of rotatable bonds is 3. The van der Waals surface area contributed by atoms with Gasteiger partial charge in [-0.2, -0.15) is 0 Å². The van der Waals surface area contributed by atoms with Gasteiger partial charge in [0.2, 0.25) is 5.95 Å². The fraction of sp³-hybridized carbons (Fsp3) is 0. The molecule has 4 heterocycles. The van der Waals surface area contributed by atoms with Crippen LogP contribution in [0.15, 0.2) is 182 Å². The van der Waals surface area contributed by atoms with Crippen LogP contribution in [0.3, 0.4) is 0 Å². The lowest BCUT2D eigenvalue weighted by Gasteiger charge is -2.16. The molecule has 0 radical (unpaired) electrons. The van der Waals surface area contributed by atoms with E-state index in [0.717, 1.165) is 55.1 Å². The smallest absolute Gasteiger partial charge is 0.235 e. The summed E-state index contributed by atoms with van der Waals surface area (Å²) in [5.74, 6) is 0.656. The van der Waals surface area contributed by atoms with Gasteiger partial charge in [-0.3, -0.25) is 4.57 Å². The second-order valence-electron chi connectivity index (χ2n) is 14.9. The van der Waals surface area contributed by atoms with Crippen molar-refractivity contribution in [2.75, 3.05) is 0 Å². The maximum absolute atomic E-state index is 5.61. The van der Waals surface area contributed by atoms with E-state index in [1.807, 2.05) is 0 Å². The van der Waals surface area contributed by atoms with Gasteiger partial charge in [0, 0.05) is 43.3 Å². The quantitative estimate of drug-likeness (QED) is 0.171. The molecule has 4 heteroatoms. The van der Waals surface area contributed by atoms with Crippen LogP contribution in [0.4, 0.5) is 0 Å². The lowest BCUT2D eigenvalue weighted by atomic mass is 9.95. The molecule has 0 spiro atoms. The van der Waals surface area contributed by atoms with E-state index in [4.69, 9.17) is 9.97 Å². The predicted octanol–water partition coefficient (Wildman–Crippen LogP) is 13.5. The average molecular weight is 711 g/mol. The molecule has 0 atom stereocenters. The molecule has 0 fully saturated rings. The van der Waals surface area contributed by atoms with Crippen LogP contribution >= 0.6 is 0 Å². The number of nitrogens with zero attached hydrogens (tertiary/aromatic N) is 4. The normalized spacial score (nSPS) is 12.3. The van der Waals surface area contributed by atoms with Gasteiger partial charge in [0.05, 0.1) is 38.8 Å². The summed E-state index contributed by atoms with van der Waals surface area (Å²) in [4.78, 5) is 11.2. The summed E-state index contributed by atoms with van der Waals surface area (Å²) in [5.41, 5.74) is 11.0. The maximum atomic E-state index is 5.61. The Bertz CT molecular complexity index is 3760. The highest BCUT2D eigenvalue weighted by atomic mass is 15.2. The van der Waals surface area contributed by atoms with Crippen molar-refractivity contribution in [1.82, 2.24) is 18.9 Å². The first-order chi connectivity index (χ1) is 27.8. The molecule has 258 valence electrons. The number of hydrogen-bond acceptors (Lipinski definition) is 2. The molecule has 13 rings (SSSR count). The summed E-state index contributed by atoms with van der Waals surface area (Å²) in [6, 6.07) is 65.9. The van der Waals surface area contributed by atoms with Crippen LogP contribution in [0.2, 0.25) is 0 Å². The molecule has 4 nitrogen and oxygen atoms in total. The Hall–Kier alpha value is -7.56. The van der Waals surface area contributed by atoms with E-state index in [-0.39, 0.29) is 0 Å².